The molecule has 2 aromatic carbocycles. The number of aromatic hydroxyl groups is 1. The molecular weight excluding hydrogens is 430 g/mol. The summed E-state index contributed by atoms with van der Waals surface area (Å²) in [5, 5.41) is 10.5. The molecule has 7 heteroatoms. The molecule has 1 amide bonds. The lowest BCUT2D eigenvalue weighted by Crippen LogP contribution is -2.51. The van der Waals surface area contributed by atoms with Crippen LogP contribution in [0.1, 0.15) is 32.3 Å². The van der Waals surface area contributed by atoms with Crippen LogP contribution in [0.3, 0.4) is 0 Å². The number of nitrogens with zero attached hydrogens (tertiary/aromatic N) is 3. The van der Waals surface area contributed by atoms with E-state index < -0.39 is 0 Å². The average Bonchev–Trinajstić information content (AvgIpc) is 2.87. The molecule has 2 saturated heterocycles. The number of carbonyl (C=O) groups excluding carboxylic acids is 1. The van der Waals surface area contributed by atoms with Crippen molar-refractivity contribution in [2.75, 3.05) is 57.4 Å². The molecule has 2 aliphatic heterocycles. The van der Waals surface area contributed by atoms with E-state index in [0.717, 1.165) is 69.1 Å². The van der Waals surface area contributed by atoms with Gasteiger partial charge in [-0.2, -0.15) is 0 Å². The van der Waals surface area contributed by atoms with Crippen molar-refractivity contribution >= 4 is 11.6 Å². The third-order valence-electron chi connectivity index (χ3n) is 6.81. The first-order chi connectivity index (χ1) is 16.6. The van der Waals surface area contributed by atoms with Crippen LogP contribution in [0.2, 0.25) is 0 Å². The van der Waals surface area contributed by atoms with Crippen LogP contribution in [-0.2, 0) is 11.3 Å². The van der Waals surface area contributed by atoms with E-state index in [1.54, 1.807) is 6.07 Å². The number of anilines is 1. The third kappa shape index (κ3) is 5.58. The summed E-state index contributed by atoms with van der Waals surface area (Å²) in [5.74, 6) is 2.05. The Labute approximate surface area is 202 Å². The standard InChI is InChI=1S/C27H37N3O4/c1-3-33-24-10-6-5-9-23(24)29-16-18-30(19-17-29)27(32)21-12-14-28(15-13-21)20-22-8-7-11-25(26(22)31)34-4-2/h5-11,21,31H,3-4,12-20H2,1-2H3. The molecule has 4 rings (SSSR count). The molecule has 2 aromatic rings. The van der Waals surface area contributed by atoms with Gasteiger partial charge in [0.05, 0.1) is 18.9 Å². The van der Waals surface area contributed by atoms with Gasteiger partial charge in [0, 0.05) is 44.2 Å². The largest absolute Gasteiger partial charge is 0.504 e. The second-order valence-electron chi connectivity index (χ2n) is 8.96. The Bertz CT molecular complexity index is 951. The second kappa shape index (κ2) is 11.5. The minimum atomic E-state index is 0.0851. The maximum Gasteiger partial charge on any atom is 0.225 e. The zero-order valence-electron chi connectivity index (χ0n) is 20.4. The fourth-order valence-electron chi connectivity index (χ4n) is 4.97. The number of benzene rings is 2. The highest BCUT2D eigenvalue weighted by atomic mass is 16.5. The van der Waals surface area contributed by atoms with Crippen molar-refractivity contribution in [3.05, 3.63) is 48.0 Å². The maximum absolute atomic E-state index is 13.2. The van der Waals surface area contributed by atoms with Gasteiger partial charge < -0.3 is 24.4 Å². The first-order valence-corrected chi connectivity index (χ1v) is 12.5. The summed E-state index contributed by atoms with van der Waals surface area (Å²) in [6, 6.07) is 13.8. The molecule has 34 heavy (non-hydrogen) atoms. The van der Waals surface area contributed by atoms with E-state index in [0.29, 0.717) is 31.4 Å². The number of phenolic OH excluding ortho intramolecular Hbond substituents is 1. The molecule has 2 heterocycles. The molecule has 0 spiro atoms. The number of ether oxygens (including phenoxy) is 2. The topological polar surface area (TPSA) is 65.5 Å². The number of rotatable bonds is 8. The van der Waals surface area contributed by atoms with E-state index in [1.807, 2.05) is 49.1 Å². The summed E-state index contributed by atoms with van der Waals surface area (Å²) in [7, 11) is 0. The van der Waals surface area contributed by atoms with Gasteiger partial charge in [-0.05, 0) is 58.0 Å². The fourth-order valence-corrected chi connectivity index (χ4v) is 4.97. The first kappa shape index (κ1) is 24.2. The summed E-state index contributed by atoms with van der Waals surface area (Å²) >= 11 is 0. The molecule has 2 fully saturated rings. The number of hydrogen-bond acceptors (Lipinski definition) is 6. The van der Waals surface area contributed by atoms with E-state index in [-0.39, 0.29) is 11.7 Å². The lowest BCUT2D eigenvalue weighted by Gasteiger charge is -2.39. The van der Waals surface area contributed by atoms with Crippen molar-refractivity contribution in [1.29, 1.82) is 0 Å². The Balaban J connectivity index is 1.27. The number of para-hydroxylation sites is 3. The Kier molecular flexibility index (Phi) is 8.16. The highest BCUT2D eigenvalue weighted by molar-refractivity contribution is 5.79. The van der Waals surface area contributed by atoms with Crippen LogP contribution < -0.4 is 14.4 Å². The first-order valence-electron chi connectivity index (χ1n) is 12.5. The van der Waals surface area contributed by atoms with Crippen LogP contribution in [0.5, 0.6) is 17.2 Å². The number of likely N-dealkylation sites (tertiary alicyclic amines) is 1. The molecule has 0 saturated carbocycles. The zero-order chi connectivity index (χ0) is 23.9. The lowest BCUT2D eigenvalue weighted by atomic mass is 9.94. The predicted molar refractivity (Wildman–Crippen MR) is 134 cm³/mol. The highest BCUT2D eigenvalue weighted by Crippen LogP contribution is 2.32. The van der Waals surface area contributed by atoms with Crippen LogP contribution in [-0.4, -0.2) is 73.3 Å². The number of piperazine rings is 1. The number of piperidine rings is 1. The van der Waals surface area contributed by atoms with E-state index in [2.05, 4.69) is 15.9 Å². The minimum absolute atomic E-state index is 0.0851. The normalized spacial score (nSPS) is 17.6. The van der Waals surface area contributed by atoms with Gasteiger partial charge in [0.2, 0.25) is 5.91 Å². The van der Waals surface area contributed by atoms with Crippen molar-refractivity contribution in [3.8, 4) is 17.2 Å². The fraction of sp³-hybridized carbons (Fsp3) is 0.519. The summed E-state index contributed by atoms with van der Waals surface area (Å²) in [6.45, 7) is 10.6. The van der Waals surface area contributed by atoms with Crippen molar-refractivity contribution in [1.82, 2.24) is 9.80 Å². The number of phenols is 1. The second-order valence-corrected chi connectivity index (χ2v) is 8.96. The van der Waals surface area contributed by atoms with E-state index in [9.17, 15) is 9.90 Å². The Hall–Kier alpha value is -2.93. The predicted octanol–water partition coefficient (Wildman–Crippen LogP) is 3.75. The van der Waals surface area contributed by atoms with Crippen LogP contribution >= 0.6 is 0 Å². The molecule has 0 aliphatic carbocycles. The van der Waals surface area contributed by atoms with Crippen LogP contribution in [0.25, 0.3) is 0 Å². The molecule has 0 unspecified atom stereocenters. The van der Waals surface area contributed by atoms with Gasteiger partial charge in [-0.15, -0.1) is 0 Å². The smallest absolute Gasteiger partial charge is 0.225 e. The van der Waals surface area contributed by atoms with Crippen LogP contribution in [0.4, 0.5) is 5.69 Å². The van der Waals surface area contributed by atoms with Gasteiger partial charge in [-0.1, -0.05) is 24.3 Å². The quantitative estimate of drug-likeness (QED) is 0.638. The number of carbonyl (C=O) groups is 1. The molecule has 7 nitrogen and oxygen atoms in total. The summed E-state index contributed by atoms with van der Waals surface area (Å²) < 4.78 is 11.3. The van der Waals surface area contributed by atoms with Gasteiger partial charge in [-0.25, -0.2) is 0 Å². The molecule has 0 bridgehead atoms. The van der Waals surface area contributed by atoms with Gasteiger partial charge in [-0.3, -0.25) is 9.69 Å². The Morgan fingerprint density at radius 2 is 1.53 bits per heavy atom. The number of hydrogen-bond donors (Lipinski definition) is 1. The Morgan fingerprint density at radius 1 is 0.882 bits per heavy atom. The summed E-state index contributed by atoms with van der Waals surface area (Å²) in [5.41, 5.74) is 1.99. The lowest BCUT2D eigenvalue weighted by molar-refractivity contribution is -0.137. The minimum Gasteiger partial charge on any atom is -0.504 e. The molecule has 184 valence electrons. The SMILES string of the molecule is CCOc1ccccc1N1CCN(C(=O)C2CCN(Cc3cccc(OCC)c3O)CC2)CC1. The highest BCUT2D eigenvalue weighted by Gasteiger charge is 2.31. The maximum atomic E-state index is 13.2. The molecule has 1 N–H and O–H groups in total. The van der Waals surface area contributed by atoms with Gasteiger partial charge in [0.25, 0.3) is 0 Å². The van der Waals surface area contributed by atoms with E-state index in [4.69, 9.17) is 9.47 Å². The van der Waals surface area contributed by atoms with E-state index >= 15 is 0 Å². The van der Waals surface area contributed by atoms with Gasteiger partial charge in [0.15, 0.2) is 11.5 Å². The third-order valence-corrected chi connectivity index (χ3v) is 6.81. The van der Waals surface area contributed by atoms with Crippen molar-refractivity contribution in [2.24, 2.45) is 5.92 Å². The Morgan fingerprint density at radius 3 is 2.24 bits per heavy atom. The number of amides is 1. The van der Waals surface area contributed by atoms with Crippen molar-refractivity contribution in [3.63, 3.8) is 0 Å². The van der Waals surface area contributed by atoms with Crippen LogP contribution in [0.15, 0.2) is 42.5 Å². The van der Waals surface area contributed by atoms with E-state index in [1.165, 1.54) is 0 Å². The van der Waals surface area contributed by atoms with Crippen molar-refractivity contribution in [2.45, 2.75) is 33.2 Å². The summed E-state index contributed by atoms with van der Waals surface area (Å²) in [6.07, 6.45) is 1.72. The van der Waals surface area contributed by atoms with Crippen LogP contribution in [0, 0.1) is 5.92 Å². The molecule has 0 aromatic heterocycles. The monoisotopic (exact) mass is 467 g/mol. The average molecular weight is 468 g/mol. The van der Waals surface area contributed by atoms with Gasteiger partial charge in [0.1, 0.15) is 5.75 Å². The molecule has 2 aliphatic rings. The summed E-state index contributed by atoms with van der Waals surface area (Å²) in [4.78, 5) is 19.9. The zero-order valence-corrected chi connectivity index (χ0v) is 20.4. The molecule has 0 radical (unpaired) electrons. The molecular formula is C27H37N3O4. The molecule has 0 atom stereocenters. The van der Waals surface area contributed by atoms with Gasteiger partial charge >= 0.3 is 0 Å². The van der Waals surface area contributed by atoms with Crippen molar-refractivity contribution < 1.29 is 19.4 Å².